The highest BCUT2D eigenvalue weighted by Crippen LogP contribution is 2.37. The molecule has 0 unspecified atom stereocenters. The van der Waals surface area contributed by atoms with Gasteiger partial charge in [0.25, 0.3) is 5.91 Å². The number of nitrogens with one attached hydrogen (secondary N) is 2. The van der Waals surface area contributed by atoms with Gasteiger partial charge in [-0.05, 0) is 68.2 Å². The number of amides is 1. The summed E-state index contributed by atoms with van der Waals surface area (Å²) in [6.45, 7) is 4.11. The lowest BCUT2D eigenvalue weighted by atomic mass is 9.78. The zero-order valence-corrected chi connectivity index (χ0v) is 15.9. The SMILES string of the molecule is O=C(c1cccc(S(=O)(=O)NCC2CC2)c1)N1CCC2(CCNC2)CC1. The number of likely N-dealkylation sites (tertiary alicyclic amines) is 1. The molecule has 142 valence electrons. The molecule has 2 heterocycles. The molecule has 1 saturated carbocycles. The second-order valence-corrected chi connectivity index (χ2v) is 9.81. The van der Waals surface area contributed by atoms with Crippen molar-refractivity contribution in [1.29, 1.82) is 0 Å². The molecule has 3 fully saturated rings. The summed E-state index contributed by atoms with van der Waals surface area (Å²) in [5, 5.41) is 3.43. The summed E-state index contributed by atoms with van der Waals surface area (Å²) in [4.78, 5) is 14.9. The largest absolute Gasteiger partial charge is 0.339 e. The molecule has 1 aliphatic carbocycles. The molecular weight excluding hydrogens is 350 g/mol. The Balaban J connectivity index is 1.43. The number of carbonyl (C=O) groups is 1. The van der Waals surface area contributed by atoms with Crippen molar-refractivity contribution in [2.45, 2.75) is 37.0 Å². The molecule has 1 aromatic carbocycles. The van der Waals surface area contributed by atoms with Gasteiger partial charge in [0.1, 0.15) is 0 Å². The van der Waals surface area contributed by atoms with Crippen LogP contribution in [0.1, 0.15) is 42.5 Å². The number of piperidine rings is 1. The Morgan fingerprint density at radius 2 is 2.00 bits per heavy atom. The van der Waals surface area contributed by atoms with E-state index in [1.165, 1.54) is 12.5 Å². The van der Waals surface area contributed by atoms with Crippen molar-refractivity contribution < 1.29 is 13.2 Å². The van der Waals surface area contributed by atoms with Crippen LogP contribution in [0.5, 0.6) is 0 Å². The standard InChI is InChI=1S/C19H27N3O3S/c23-18(22-10-7-19(8-11-22)6-9-20-14-19)16-2-1-3-17(12-16)26(24,25)21-13-15-4-5-15/h1-3,12,15,20-21H,4-11,13-14H2. The number of carbonyl (C=O) groups excluding carboxylic acids is 1. The van der Waals surface area contributed by atoms with Gasteiger partial charge in [-0.2, -0.15) is 0 Å². The number of nitrogens with zero attached hydrogens (tertiary/aromatic N) is 1. The van der Waals surface area contributed by atoms with E-state index < -0.39 is 10.0 Å². The van der Waals surface area contributed by atoms with Gasteiger partial charge in [-0.3, -0.25) is 4.79 Å². The minimum atomic E-state index is -3.55. The predicted molar refractivity (Wildman–Crippen MR) is 99.4 cm³/mol. The maximum absolute atomic E-state index is 12.9. The van der Waals surface area contributed by atoms with Crippen molar-refractivity contribution in [1.82, 2.24) is 14.9 Å². The van der Waals surface area contributed by atoms with Gasteiger partial charge in [-0.15, -0.1) is 0 Å². The van der Waals surface area contributed by atoms with Gasteiger partial charge < -0.3 is 10.2 Å². The molecule has 0 bridgehead atoms. The zero-order chi connectivity index (χ0) is 18.2. The molecule has 2 aliphatic heterocycles. The maximum Gasteiger partial charge on any atom is 0.253 e. The third kappa shape index (κ3) is 3.80. The molecule has 2 saturated heterocycles. The molecule has 0 aromatic heterocycles. The Labute approximate surface area is 155 Å². The Morgan fingerprint density at radius 1 is 1.23 bits per heavy atom. The Kier molecular flexibility index (Phi) is 4.79. The molecule has 1 aromatic rings. The van der Waals surface area contributed by atoms with Crippen molar-refractivity contribution in [3.05, 3.63) is 29.8 Å². The van der Waals surface area contributed by atoms with E-state index in [0.717, 1.165) is 51.9 Å². The van der Waals surface area contributed by atoms with Crippen LogP contribution in [-0.4, -0.2) is 51.9 Å². The van der Waals surface area contributed by atoms with E-state index in [9.17, 15) is 13.2 Å². The summed E-state index contributed by atoms with van der Waals surface area (Å²) in [6.07, 6.45) is 5.41. The van der Waals surface area contributed by atoms with Crippen molar-refractivity contribution >= 4 is 15.9 Å². The minimum Gasteiger partial charge on any atom is -0.339 e. The van der Waals surface area contributed by atoms with Crippen LogP contribution >= 0.6 is 0 Å². The van der Waals surface area contributed by atoms with Crippen LogP contribution in [0.15, 0.2) is 29.2 Å². The highest BCUT2D eigenvalue weighted by atomic mass is 32.2. The smallest absolute Gasteiger partial charge is 0.253 e. The fraction of sp³-hybridized carbons (Fsp3) is 0.632. The third-order valence-electron chi connectivity index (χ3n) is 6.09. The lowest BCUT2D eigenvalue weighted by Gasteiger charge is -2.38. The van der Waals surface area contributed by atoms with E-state index in [0.29, 0.717) is 23.4 Å². The lowest BCUT2D eigenvalue weighted by Crippen LogP contribution is -2.44. The fourth-order valence-electron chi connectivity index (χ4n) is 4.02. The van der Waals surface area contributed by atoms with E-state index in [1.807, 2.05) is 4.90 Å². The van der Waals surface area contributed by atoms with E-state index in [-0.39, 0.29) is 10.8 Å². The number of sulfonamides is 1. The van der Waals surface area contributed by atoms with Gasteiger partial charge in [-0.1, -0.05) is 6.07 Å². The first-order chi connectivity index (χ1) is 12.5. The number of hydrogen-bond acceptors (Lipinski definition) is 4. The highest BCUT2D eigenvalue weighted by Gasteiger charge is 2.38. The summed E-state index contributed by atoms with van der Waals surface area (Å²) in [7, 11) is -3.55. The minimum absolute atomic E-state index is 0.0648. The number of benzene rings is 1. The van der Waals surface area contributed by atoms with Crippen LogP contribution in [0.25, 0.3) is 0 Å². The first-order valence-corrected chi connectivity index (χ1v) is 11.1. The lowest BCUT2D eigenvalue weighted by molar-refractivity contribution is 0.0607. The normalized spacial score (nSPS) is 22.7. The van der Waals surface area contributed by atoms with Crippen molar-refractivity contribution in [3.8, 4) is 0 Å². The zero-order valence-electron chi connectivity index (χ0n) is 15.0. The van der Waals surface area contributed by atoms with Crippen molar-refractivity contribution in [2.75, 3.05) is 32.7 Å². The van der Waals surface area contributed by atoms with Crippen LogP contribution in [-0.2, 0) is 10.0 Å². The van der Waals surface area contributed by atoms with E-state index in [1.54, 1.807) is 18.2 Å². The molecule has 7 heteroatoms. The molecule has 6 nitrogen and oxygen atoms in total. The average molecular weight is 378 g/mol. The molecule has 0 radical (unpaired) electrons. The third-order valence-corrected chi connectivity index (χ3v) is 7.51. The predicted octanol–water partition coefficient (Wildman–Crippen LogP) is 1.59. The van der Waals surface area contributed by atoms with Gasteiger partial charge in [0.15, 0.2) is 0 Å². The molecule has 2 N–H and O–H groups in total. The van der Waals surface area contributed by atoms with Crippen LogP contribution in [0, 0.1) is 11.3 Å². The quantitative estimate of drug-likeness (QED) is 0.817. The molecule has 3 aliphatic rings. The molecule has 0 atom stereocenters. The molecule has 1 spiro atoms. The Bertz CT molecular complexity index is 773. The summed E-state index contributed by atoms with van der Waals surface area (Å²) >= 11 is 0. The molecule has 26 heavy (non-hydrogen) atoms. The molecule has 4 rings (SSSR count). The first kappa shape index (κ1) is 17.9. The summed E-state index contributed by atoms with van der Waals surface area (Å²) in [6, 6.07) is 6.44. The average Bonchev–Trinajstić information content (AvgIpc) is 3.39. The summed E-state index contributed by atoms with van der Waals surface area (Å²) < 4.78 is 27.5. The van der Waals surface area contributed by atoms with E-state index in [4.69, 9.17) is 0 Å². The van der Waals surface area contributed by atoms with Gasteiger partial charge in [0, 0.05) is 31.7 Å². The van der Waals surface area contributed by atoms with Crippen molar-refractivity contribution in [3.63, 3.8) is 0 Å². The van der Waals surface area contributed by atoms with E-state index >= 15 is 0 Å². The number of rotatable bonds is 5. The van der Waals surface area contributed by atoms with Gasteiger partial charge >= 0.3 is 0 Å². The second-order valence-electron chi connectivity index (χ2n) is 8.04. The van der Waals surface area contributed by atoms with Crippen LogP contribution in [0.2, 0.25) is 0 Å². The van der Waals surface area contributed by atoms with Gasteiger partial charge in [0.05, 0.1) is 4.90 Å². The number of hydrogen-bond donors (Lipinski definition) is 2. The maximum atomic E-state index is 12.9. The van der Waals surface area contributed by atoms with Crippen LogP contribution in [0.3, 0.4) is 0 Å². The summed E-state index contributed by atoms with van der Waals surface area (Å²) in [5.41, 5.74) is 0.814. The Morgan fingerprint density at radius 3 is 2.65 bits per heavy atom. The summed E-state index contributed by atoms with van der Waals surface area (Å²) in [5.74, 6) is 0.408. The van der Waals surface area contributed by atoms with Gasteiger partial charge in [0.2, 0.25) is 10.0 Å². The molecular formula is C19H27N3O3S. The van der Waals surface area contributed by atoms with Crippen LogP contribution in [0.4, 0.5) is 0 Å². The van der Waals surface area contributed by atoms with E-state index in [2.05, 4.69) is 10.0 Å². The monoisotopic (exact) mass is 377 g/mol. The fourth-order valence-corrected chi connectivity index (χ4v) is 5.18. The second kappa shape index (κ2) is 6.94. The molecule has 1 amide bonds. The van der Waals surface area contributed by atoms with Crippen LogP contribution < -0.4 is 10.0 Å². The first-order valence-electron chi connectivity index (χ1n) is 9.57. The van der Waals surface area contributed by atoms with Crippen molar-refractivity contribution in [2.24, 2.45) is 11.3 Å². The topological polar surface area (TPSA) is 78.5 Å². The van der Waals surface area contributed by atoms with Gasteiger partial charge in [-0.25, -0.2) is 13.1 Å². The highest BCUT2D eigenvalue weighted by molar-refractivity contribution is 7.89. The Hall–Kier alpha value is -1.44.